The van der Waals surface area contributed by atoms with Gasteiger partial charge in [0.1, 0.15) is 9.76 Å². The highest BCUT2D eigenvalue weighted by atomic mass is 29.2. The first kappa shape index (κ1) is 11.3. The van der Waals surface area contributed by atoms with Gasteiger partial charge in [-0.3, -0.25) is 0 Å². The Hall–Kier alpha value is 0.314. The fraction of sp³-hybridized carbons (Fsp3) is 1.00. The average Bonchev–Trinajstić information content (AvgIpc) is 1.88. The van der Waals surface area contributed by atoms with Crippen LogP contribution in [0.4, 0.5) is 0 Å². The van der Waals surface area contributed by atoms with Crippen LogP contribution in [0.25, 0.3) is 0 Å². The first-order valence-electron chi connectivity index (χ1n) is 3.85. The van der Waals surface area contributed by atoms with E-state index in [0.717, 1.165) is 0 Å². The van der Waals surface area contributed by atoms with E-state index in [9.17, 15) is 0 Å². The second kappa shape index (κ2) is 5.90. The molecule has 0 N–H and O–H groups in total. The van der Waals surface area contributed by atoms with Gasteiger partial charge in [-0.05, 0) is 20.8 Å². The van der Waals surface area contributed by atoms with Crippen molar-refractivity contribution in [2.45, 2.75) is 20.8 Å². The molecule has 0 fully saturated rings. The standard InChI is InChI=1S/C6H15O3Si2/c1-4-7-11(10,8-5-2)9-6-3/h4-6H2,1-3H3. The normalized spacial score (nSPS) is 12.0. The summed E-state index contributed by atoms with van der Waals surface area (Å²) in [6, 6.07) is 0. The van der Waals surface area contributed by atoms with Gasteiger partial charge >= 0.3 is 8.32 Å². The summed E-state index contributed by atoms with van der Waals surface area (Å²) < 4.78 is 16.0. The zero-order valence-corrected chi connectivity index (χ0v) is 9.35. The highest BCUT2D eigenvalue weighted by molar-refractivity contribution is 7.05. The molecule has 0 unspecified atom stereocenters. The number of rotatable bonds is 6. The number of hydrogen-bond acceptors (Lipinski definition) is 3. The van der Waals surface area contributed by atoms with Crippen LogP contribution < -0.4 is 0 Å². The van der Waals surface area contributed by atoms with Crippen molar-refractivity contribution in [3.05, 3.63) is 0 Å². The summed E-state index contributed by atoms with van der Waals surface area (Å²) in [5.41, 5.74) is 0. The van der Waals surface area contributed by atoms with Crippen molar-refractivity contribution in [1.82, 2.24) is 0 Å². The summed E-state index contributed by atoms with van der Waals surface area (Å²) in [4.78, 5) is 0. The van der Waals surface area contributed by atoms with Crippen LogP contribution in [0.1, 0.15) is 20.8 Å². The Morgan fingerprint density at radius 2 is 1.18 bits per heavy atom. The van der Waals surface area contributed by atoms with Gasteiger partial charge in [0.15, 0.2) is 0 Å². The molecule has 0 amide bonds. The molecule has 0 saturated heterocycles. The van der Waals surface area contributed by atoms with Gasteiger partial charge in [0.05, 0.1) is 0 Å². The molecule has 0 saturated carbocycles. The van der Waals surface area contributed by atoms with Crippen LogP contribution in [0.2, 0.25) is 0 Å². The third kappa shape index (κ3) is 4.70. The fourth-order valence-electron chi connectivity index (χ4n) is 0.695. The van der Waals surface area contributed by atoms with Gasteiger partial charge in [-0.15, -0.1) is 0 Å². The van der Waals surface area contributed by atoms with Gasteiger partial charge in [-0.25, -0.2) is 0 Å². The zero-order valence-electron chi connectivity index (χ0n) is 7.35. The molecule has 0 rings (SSSR count). The van der Waals surface area contributed by atoms with Crippen molar-refractivity contribution < 1.29 is 13.3 Å². The van der Waals surface area contributed by atoms with Gasteiger partial charge in [0.25, 0.3) is 0 Å². The van der Waals surface area contributed by atoms with Crippen molar-refractivity contribution in [3.8, 4) is 0 Å². The van der Waals surface area contributed by atoms with Gasteiger partial charge in [-0.2, -0.15) is 0 Å². The summed E-state index contributed by atoms with van der Waals surface area (Å²) in [6.07, 6.45) is 0. The molecule has 0 aliphatic carbocycles. The smallest absolute Gasteiger partial charge is 0.377 e. The predicted octanol–water partition coefficient (Wildman–Crippen LogP) is 0.700. The largest absolute Gasteiger partial charge is 0.460 e. The van der Waals surface area contributed by atoms with Crippen LogP contribution >= 0.6 is 0 Å². The molecule has 5 heteroatoms. The summed E-state index contributed by atoms with van der Waals surface area (Å²) in [6.45, 7) is 7.57. The first-order chi connectivity index (χ1) is 5.18. The maximum absolute atomic E-state index is 5.32. The topological polar surface area (TPSA) is 27.7 Å². The molecule has 0 spiro atoms. The second-order valence-electron chi connectivity index (χ2n) is 1.86. The lowest BCUT2D eigenvalue weighted by Gasteiger charge is -2.24. The maximum atomic E-state index is 5.32. The van der Waals surface area contributed by atoms with Gasteiger partial charge in [-0.1, -0.05) is 0 Å². The molecule has 0 aliphatic rings. The maximum Gasteiger partial charge on any atom is 0.460 e. The lowest BCUT2D eigenvalue weighted by Crippen LogP contribution is -2.47. The van der Waals surface area contributed by atoms with Gasteiger partial charge < -0.3 is 13.3 Å². The molecule has 0 aliphatic heterocycles. The molecular weight excluding hydrogens is 176 g/mol. The molecule has 0 atom stereocenters. The molecule has 0 heterocycles. The Kier molecular flexibility index (Phi) is 6.07. The monoisotopic (exact) mass is 191 g/mol. The van der Waals surface area contributed by atoms with Gasteiger partial charge in [0.2, 0.25) is 0 Å². The lowest BCUT2D eigenvalue weighted by atomic mass is 10.9. The minimum absolute atomic E-state index is 0.607. The molecule has 0 bridgehead atoms. The van der Waals surface area contributed by atoms with E-state index in [0.29, 0.717) is 19.8 Å². The van der Waals surface area contributed by atoms with Crippen molar-refractivity contribution in [2.75, 3.05) is 19.8 Å². The van der Waals surface area contributed by atoms with Crippen LogP contribution in [-0.4, -0.2) is 37.9 Å². The predicted molar refractivity (Wildman–Crippen MR) is 46.4 cm³/mol. The fourth-order valence-corrected chi connectivity index (χ4v) is 3.38. The van der Waals surface area contributed by atoms with E-state index in [1.165, 1.54) is 0 Å². The van der Waals surface area contributed by atoms with Crippen molar-refractivity contribution in [1.29, 1.82) is 0 Å². The Bertz CT molecular complexity index is 82.8. The molecule has 0 aromatic heterocycles. The Morgan fingerprint density at radius 1 is 0.909 bits per heavy atom. The van der Waals surface area contributed by atoms with Crippen molar-refractivity contribution in [2.24, 2.45) is 0 Å². The Labute approximate surface area is 72.6 Å². The third-order valence-corrected chi connectivity index (χ3v) is 4.31. The molecule has 11 heavy (non-hydrogen) atoms. The summed E-state index contributed by atoms with van der Waals surface area (Å²) in [5, 5.41) is 0. The van der Waals surface area contributed by atoms with Crippen LogP contribution in [-0.2, 0) is 13.3 Å². The SMILES string of the molecule is CCO[Si]([Si])(OCC)OCC. The Balaban J connectivity index is 3.79. The lowest BCUT2D eigenvalue weighted by molar-refractivity contribution is 0.0941. The minimum atomic E-state index is -2.44. The van der Waals surface area contributed by atoms with Crippen LogP contribution in [0.15, 0.2) is 0 Å². The molecule has 65 valence electrons. The second-order valence-corrected chi connectivity index (χ2v) is 5.67. The van der Waals surface area contributed by atoms with E-state index in [-0.39, 0.29) is 0 Å². The van der Waals surface area contributed by atoms with Crippen LogP contribution in [0.3, 0.4) is 0 Å². The molecule has 0 aromatic carbocycles. The molecular formula is C6H15O3Si2. The highest BCUT2D eigenvalue weighted by Crippen LogP contribution is 2.03. The first-order valence-corrected chi connectivity index (χ1v) is 7.07. The van der Waals surface area contributed by atoms with Crippen LogP contribution in [0, 0.1) is 0 Å². The highest BCUT2D eigenvalue weighted by Gasteiger charge is 2.32. The number of hydrogen-bond donors (Lipinski definition) is 0. The quantitative estimate of drug-likeness (QED) is 0.579. The summed E-state index contributed by atoms with van der Waals surface area (Å²) in [7, 11) is 0.947. The van der Waals surface area contributed by atoms with Crippen LogP contribution in [0.5, 0.6) is 0 Å². The van der Waals surface area contributed by atoms with Crippen molar-refractivity contribution >= 4 is 18.1 Å². The molecule has 3 nitrogen and oxygen atoms in total. The van der Waals surface area contributed by atoms with E-state index in [1.807, 2.05) is 20.8 Å². The van der Waals surface area contributed by atoms with E-state index >= 15 is 0 Å². The van der Waals surface area contributed by atoms with Crippen molar-refractivity contribution in [3.63, 3.8) is 0 Å². The average molecular weight is 191 g/mol. The van der Waals surface area contributed by atoms with E-state index in [1.54, 1.807) is 0 Å². The van der Waals surface area contributed by atoms with E-state index in [4.69, 9.17) is 13.3 Å². The minimum Gasteiger partial charge on any atom is -0.377 e. The van der Waals surface area contributed by atoms with E-state index < -0.39 is 8.32 Å². The molecule has 3 radical (unpaired) electrons. The van der Waals surface area contributed by atoms with E-state index in [2.05, 4.69) is 9.76 Å². The Morgan fingerprint density at radius 3 is 1.36 bits per heavy atom. The zero-order chi connectivity index (χ0) is 8.74. The summed E-state index contributed by atoms with van der Waals surface area (Å²) >= 11 is 0. The van der Waals surface area contributed by atoms with Gasteiger partial charge in [0, 0.05) is 19.8 Å². The summed E-state index contributed by atoms with van der Waals surface area (Å²) in [5.74, 6) is 0. The third-order valence-electron chi connectivity index (χ3n) is 1.00. The molecule has 0 aromatic rings.